The molecule has 14 heavy (non-hydrogen) atoms. The molecule has 0 heterocycles. The molecule has 0 aliphatic carbocycles. The number of ether oxygens (including phenoxy) is 1. The number of carbonyl (C=O) groups is 1. The SMILES string of the molecule is C=C(CN(CC)C(C)COC)C(=O)O. The third kappa shape index (κ3) is 4.39. The Kier molecular flexibility index (Phi) is 6.16. The molecule has 0 saturated carbocycles. The molecule has 0 amide bonds. The van der Waals surface area contributed by atoms with Crippen LogP contribution in [0.3, 0.4) is 0 Å². The van der Waals surface area contributed by atoms with Crippen molar-refractivity contribution >= 4 is 5.97 Å². The van der Waals surface area contributed by atoms with E-state index in [1.807, 2.05) is 18.7 Å². The van der Waals surface area contributed by atoms with E-state index in [4.69, 9.17) is 9.84 Å². The van der Waals surface area contributed by atoms with Crippen LogP contribution in [0.5, 0.6) is 0 Å². The van der Waals surface area contributed by atoms with Crippen molar-refractivity contribution in [1.82, 2.24) is 4.90 Å². The molecule has 1 unspecified atom stereocenters. The van der Waals surface area contributed by atoms with Gasteiger partial charge in [-0.15, -0.1) is 0 Å². The van der Waals surface area contributed by atoms with Gasteiger partial charge in [-0.05, 0) is 13.5 Å². The molecule has 0 aromatic carbocycles. The van der Waals surface area contributed by atoms with Gasteiger partial charge in [-0.2, -0.15) is 0 Å². The van der Waals surface area contributed by atoms with Crippen LogP contribution in [-0.4, -0.2) is 48.8 Å². The van der Waals surface area contributed by atoms with Gasteiger partial charge in [-0.3, -0.25) is 4.90 Å². The number of likely N-dealkylation sites (N-methyl/N-ethyl adjacent to an activating group) is 1. The molecular weight excluding hydrogens is 182 g/mol. The van der Waals surface area contributed by atoms with Gasteiger partial charge in [0, 0.05) is 25.3 Å². The predicted molar refractivity (Wildman–Crippen MR) is 55.4 cm³/mol. The Labute approximate surface area is 85.2 Å². The quantitative estimate of drug-likeness (QED) is 0.624. The lowest BCUT2D eigenvalue weighted by Crippen LogP contribution is -2.38. The number of carboxylic acids is 1. The summed E-state index contributed by atoms with van der Waals surface area (Å²) in [4.78, 5) is 12.6. The first kappa shape index (κ1) is 13.1. The highest BCUT2D eigenvalue weighted by molar-refractivity contribution is 5.86. The second-order valence-corrected chi connectivity index (χ2v) is 3.28. The van der Waals surface area contributed by atoms with Gasteiger partial charge < -0.3 is 9.84 Å². The molecule has 4 nitrogen and oxygen atoms in total. The highest BCUT2D eigenvalue weighted by atomic mass is 16.5. The summed E-state index contributed by atoms with van der Waals surface area (Å²) in [7, 11) is 1.64. The fourth-order valence-electron chi connectivity index (χ4n) is 1.24. The molecule has 0 aliphatic heterocycles. The Balaban J connectivity index is 4.14. The van der Waals surface area contributed by atoms with E-state index in [9.17, 15) is 4.79 Å². The van der Waals surface area contributed by atoms with Gasteiger partial charge in [-0.1, -0.05) is 13.5 Å². The van der Waals surface area contributed by atoms with Gasteiger partial charge in [0.05, 0.1) is 6.61 Å². The highest BCUT2D eigenvalue weighted by Gasteiger charge is 2.15. The summed E-state index contributed by atoms with van der Waals surface area (Å²) in [6.45, 7) is 9.26. The summed E-state index contributed by atoms with van der Waals surface area (Å²) < 4.78 is 5.01. The van der Waals surface area contributed by atoms with Crippen LogP contribution in [0.4, 0.5) is 0 Å². The van der Waals surface area contributed by atoms with E-state index in [1.54, 1.807) is 7.11 Å². The van der Waals surface area contributed by atoms with Crippen molar-refractivity contribution < 1.29 is 14.6 Å². The van der Waals surface area contributed by atoms with Crippen LogP contribution >= 0.6 is 0 Å². The average Bonchev–Trinajstić information content (AvgIpc) is 2.13. The molecule has 0 spiro atoms. The van der Waals surface area contributed by atoms with Crippen molar-refractivity contribution in [3.05, 3.63) is 12.2 Å². The zero-order valence-electron chi connectivity index (χ0n) is 9.12. The standard InChI is InChI=1S/C10H19NO3/c1-5-11(9(3)7-14-4)6-8(2)10(12)13/h9H,2,5-7H2,1,3-4H3,(H,12,13). The van der Waals surface area contributed by atoms with Crippen LogP contribution in [0, 0.1) is 0 Å². The number of hydrogen-bond donors (Lipinski definition) is 1. The monoisotopic (exact) mass is 201 g/mol. The van der Waals surface area contributed by atoms with Crippen molar-refractivity contribution in [2.24, 2.45) is 0 Å². The van der Waals surface area contributed by atoms with E-state index < -0.39 is 5.97 Å². The Hall–Kier alpha value is -0.870. The van der Waals surface area contributed by atoms with Crippen LogP contribution in [0.2, 0.25) is 0 Å². The second-order valence-electron chi connectivity index (χ2n) is 3.28. The zero-order valence-corrected chi connectivity index (χ0v) is 9.12. The number of carboxylic acid groups (broad SMARTS) is 1. The number of nitrogens with zero attached hydrogens (tertiary/aromatic N) is 1. The third-order valence-corrected chi connectivity index (χ3v) is 2.13. The van der Waals surface area contributed by atoms with Crippen LogP contribution in [0.15, 0.2) is 12.2 Å². The van der Waals surface area contributed by atoms with Crippen molar-refractivity contribution in [3.63, 3.8) is 0 Å². The summed E-state index contributed by atoms with van der Waals surface area (Å²) >= 11 is 0. The van der Waals surface area contributed by atoms with Crippen LogP contribution in [-0.2, 0) is 9.53 Å². The van der Waals surface area contributed by atoms with E-state index in [2.05, 4.69) is 6.58 Å². The molecule has 0 aromatic heterocycles. The highest BCUT2D eigenvalue weighted by Crippen LogP contribution is 2.03. The normalized spacial score (nSPS) is 12.9. The number of rotatable bonds is 7. The maximum atomic E-state index is 10.6. The lowest BCUT2D eigenvalue weighted by molar-refractivity contribution is -0.133. The lowest BCUT2D eigenvalue weighted by Gasteiger charge is -2.26. The maximum Gasteiger partial charge on any atom is 0.332 e. The molecule has 0 fully saturated rings. The average molecular weight is 201 g/mol. The minimum Gasteiger partial charge on any atom is -0.478 e. The third-order valence-electron chi connectivity index (χ3n) is 2.13. The van der Waals surface area contributed by atoms with Crippen molar-refractivity contribution in [3.8, 4) is 0 Å². The van der Waals surface area contributed by atoms with Crippen LogP contribution < -0.4 is 0 Å². The molecule has 1 atom stereocenters. The maximum absolute atomic E-state index is 10.6. The Morgan fingerprint density at radius 3 is 2.57 bits per heavy atom. The molecule has 4 heteroatoms. The van der Waals surface area contributed by atoms with Gasteiger partial charge in [0.1, 0.15) is 0 Å². The van der Waals surface area contributed by atoms with Crippen LogP contribution in [0.1, 0.15) is 13.8 Å². The molecule has 0 aromatic rings. The molecule has 0 aliphatic rings. The summed E-state index contributed by atoms with van der Waals surface area (Å²) in [5.74, 6) is -0.937. The summed E-state index contributed by atoms with van der Waals surface area (Å²) in [6, 6.07) is 0.209. The first-order valence-electron chi connectivity index (χ1n) is 4.67. The number of aliphatic carboxylic acids is 1. The molecule has 0 bridgehead atoms. The van der Waals surface area contributed by atoms with Crippen molar-refractivity contribution in [1.29, 1.82) is 0 Å². The fraction of sp³-hybridized carbons (Fsp3) is 0.700. The Morgan fingerprint density at radius 1 is 1.64 bits per heavy atom. The molecule has 0 radical (unpaired) electrons. The molecule has 82 valence electrons. The van der Waals surface area contributed by atoms with Gasteiger partial charge >= 0.3 is 5.97 Å². The van der Waals surface area contributed by atoms with Crippen LogP contribution in [0.25, 0.3) is 0 Å². The fourth-order valence-corrected chi connectivity index (χ4v) is 1.24. The van der Waals surface area contributed by atoms with Crippen molar-refractivity contribution in [2.45, 2.75) is 19.9 Å². The minimum absolute atomic E-state index is 0.209. The predicted octanol–water partition coefficient (Wildman–Crippen LogP) is 0.984. The van der Waals surface area contributed by atoms with Gasteiger partial charge in [0.2, 0.25) is 0 Å². The lowest BCUT2D eigenvalue weighted by atomic mass is 10.2. The largest absolute Gasteiger partial charge is 0.478 e. The number of hydrogen-bond acceptors (Lipinski definition) is 3. The van der Waals surface area contributed by atoms with E-state index in [0.29, 0.717) is 13.2 Å². The first-order chi connectivity index (χ1) is 6.52. The second kappa shape index (κ2) is 6.56. The van der Waals surface area contributed by atoms with Crippen molar-refractivity contribution in [2.75, 3.05) is 26.8 Å². The van der Waals surface area contributed by atoms with Gasteiger partial charge in [-0.25, -0.2) is 4.79 Å². The van der Waals surface area contributed by atoms with E-state index in [0.717, 1.165) is 6.54 Å². The Bertz CT molecular complexity index is 204. The van der Waals surface area contributed by atoms with E-state index in [1.165, 1.54) is 0 Å². The minimum atomic E-state index is -0.937. The van der Waals surface area contributed by atoms with E-state index >= 15 is 0 Å². The molecule has 1 N–H and O–H groups in total. The summed E-state index contributed by atoms with van der Waals surface area (Å²) in [5.41, 5.74) is 0.217. The van der Waals surface area contributed by atoms with Gasteiger partial charge in [0.25, 0.3) is 0 Å². The molecule has 0 saturated heterocycles. The summed E-state index contributed by atoms with van der Waals surface area (Å²) in [5, 5.41) is 8.68. The smallest absolute Gasteiger partial charge is 0.332 e. The first-order valence-corrected chi connectivity index (χ1v) is 4.67. The molecule has 0 rings (SSSR count). The topological polar surface area (TPSA) is 49.8 Å². The Morgan fingerprint density at radius 2 is 2.21 bits per heavy atom. The van der Waals surface area contributed by atoms with E-state index in [-0.39, 0.29) is 11.6 Å². The zero-order chi connectivity index (χ0) is 11.1. The molecular formula is C10H19NO3. The summed E-state index contributed by atoms with van der Waals surface area (Å²) in [6.07, 6.45) is 0. The number of methoxy groups -OCH3 is 1. The van der Waals surface area contributed by atoms with Gasteiger partial charge in [0.15, 0.2) is 0 Å².